The number of hydrogen-bond donors (Lipinski definition) is 1. The van der Waals surface area contributed by atoms with Crippen LogP contribution < -0.4 is 5.32 Å². The molecule has 0 amide bonds. The number of rotatable bonds is 4. The summed E-state index contributed by atoms with van der Waals surface area (Å²) in [5.41, 5.74) is 0. The minimum atomic E-state index is 0.679. The predicted octanol–water partition coefficient (Wildman–Crippen LogP) is 1.33. The zero-order valence-electron chi connectivity index (χ0n) is 9.42. The fraction of sp³-hybridized carbons (Fsp3) is 0.833. The second-order valence-electron chi connectivity index (χ2n) is 4.28. The minimum absolute atomic E-state index is 0.679. The van der Waals surface area contributed by atoms with E-state index in [1.165, 1.54) is 25.9 Å². The Balaban J connectivity index is 2.30. The smallest absolute Gasteiger partial charge is 0.0598 e. The van der Waals surface area contributed by atoms with E-state index in [2.05, 4.69) is 30.0 Å². The molecule has 2 nitrogen and oxygen atoms in total. The van der Waals surface area contributed by atoms with Gasteiger partial charge >= 0.3 is 0 Å². The summed E-state index contributed by atoms with van der Waals surface area (Å²) in [5, 5.41) is 3.48. The van der Waals surface area contributed by atoms with Crippen LogP contribution in [0.3, 0.4) is 0 Å². The summed E-state index contributed by atoms with van der Waals surface area (Å²) in [6.45, 7) is 8.66. The van der Waals surface area contributed by atoms with Crippen LogP contribution in [0.2, 0.25) is 0 Å². The van der Waals surface area contributed by atoms with Crippen molar-refractivity contribution in [2.75, 3.05) is 26.2 Å². The standard InChI is InChI=1S/C12H22N2/c1-4-8-14(5-2)10-12-6-7-13-11(3)9-12/h1,11-13H,5-10H2,2-3H3. The number of nitrogens with one attached hydrogen (secondary N) is 1. The molecule has 0 aromatic rings. The van der Waals surface area contributed by atoms with Crippen LogP contribution in [-0.2, 0) is 0 Å². The van der Waals surface area contributed by atoms with Gasteiger partial charge in [-0.2, -0.15) is 0 Å². The van der Waals surface area contributed by atoms with Gasteiger partial charge in [-0.15, -0.1) is 6.42 Å². The largest absolute Gasteiger partial charge is 0.314 e. The second-order valence-corrected chi connectivity index (χ2v) is 4.28. The molecule has 0 saturated carbocycles. The molecular formula is C12H22N2. The van der Waals surface area contributed by atoms with Crippen molar-refractivity contribution in [2.24, 2.45) is 5.92 Å². The Morgan fingerprint density at radius 3 is 2.93 bits per heavy atom. The van der Waals surface area contributed by atoms with Crippen LogP contribution in [0.25, 0.3) is 0 Å². The summed E-state index contributed by atoms with van der Waals surface area (Å²) in [4.78, 5) is 2.36. The Morgan fingerprint density at radius 2 is 2.36 bits per heavy atom. The third-order valence-electron chi connectivity index (χ3n) is 3.01. The Bertz CT molecular complexity index is 195. The van der Waals surface area contributed by atoms with Crippen molar-refractivity contribution in [2.45, 2.75) is 32.7 Å². The second kappa shape index (κ2) is 6.06. The van der Waals surface area contributed by atoms with Gasteiger partial charge in [0.15, 0.2) is 0 Å². The maximum absolute atomic E-state index is 5.33. The molecule has 2 heteroatoms. The SMILES string of the molecule is C#CCN(CC)CC1CCNC(C)C1. The molecule has 0 aliphatic carbocycles. The van der Waals surface area contributed by atoms with Crippen molar-refractivity contribution >= 4 is 0 Å². The molecule has 0 radical (unpaired) electrons. The zero-order valence-corrected chi connectivity index (χ0v) is 9.42. The number of terminal acetylenes is 1. The number of nitrogens with zero attached hydrogens (tertiary/aromatic N) is 1. The van der Waals surface area contributed by atoms with Crippen molar-refractivity contribution in [3.8, 4) is 12.3 Å². The molecule has 1 rings (SSSR count). The van der Waals surface area contributed by atoms with Gasteiger partial charge in [0.2, 0.25) is 0 Å². The van der Waals surface area contributed by atoms with Gasteiger partial charge < -0.3 is 5.32 Å². The molecule has 1 heterocycles. The first kappa shape index (κ1) is 11.6. The van der Waals surface area contributed by atoms with E-state index in [9.17, 15) is 0 Å². The monoisotopic (exact) mass is 194 g/mol. The third kappa shape index (κ3) is 3.69. The molecule has 1 fully saturated rings. The van der Waals surface area contributed by atoms with E-state index >= 15 is 0 Å². The van der Waals surface area contributed by atoms with Gasteiger partial charge in [-0.3, -0.25) is 4.90 Å². The van der Waals surface area contributed by atoms with Crippen LogP contribution >= 0.6 is 0 Å². The van der Waals surface area contributed by atoms with E-state index < -0.39 is 0 Å². The Morgan fingerprint density at radius 1 is 1.57 bits per heavy atom. The van der Waals surface area contributed by atoms with Crippen molar-refractivity contribution < 1.29 is 0 Å². The lowest BCUT2D eigenvalue weighted by molar-refractivity contribution is 0.214. The summed E-state index contributed by atoms with van der Waals surface area (Å²) < 4.78 is 0. The van der Waals surface area contributed by atoms with E-state index in [-0.39, 0.29) is 0 Å². The predicted molar refractivity (Wildman–Crippen MR) is 61.1 cm³/mol. The highest BCUT2D eigenvalue weighted by atomic mass is 15.1. The summed E-state index contributed by atoms with van der Waals surface area (Å²) in [7, 11) is 0. The summed E-state index contributed by atoms with van der Waals surface area (Å²) in [6.07, 6.45) is 7.92. The summed E-state index contributed by atoms with van der Waals surface area (Å²) >= 11 is 0. The lowest BCUT2D eigenvalue weighted by Gasteiger charge is -2.31. The van der Waals surface area contributed by atoms with Crippen LogP contribution in [0.5, 0.6) is 0 Å². The Hall–Kier alpha value is -0.520. The highest BCUT2D eigenvalue weighted by Gasteiger charge is 2.19. The van der Waals surface area contributed by atoms with Crippen LogP contribution in [-0.4, -0.2) is 37.1 Å². The lowest BCUT2D eigenvalue weighted by Crippen LogP contribution is -2.40. The molecule has 0 aromatic heterocycles. The molecule has 1 N–H and O–H groups in total. The molecule has 2 unspecified atom stereocenters. The maximum Gasteiger partial charge on any atom is 0.0598 e. The normalized spacial score (nSPS) is 27.6. The van der Waals surface area contributed by atoms with E-state index in [0.717, 1.165) is 19.0 Å². The van der Waals surface area contributed by atoms with E-state index in [1.807, 2.05) is 0 Å². The highest BCUT2D eigenvalue weighted by Crippen LogP contribution is 2.16. The summed E-state index contributed by atoms with van der Waals surface area (Å²) in [6, 6.07) is 0.679. The molecule has 1 saturated heterocycles. The van der Waals surface area contributed by atoms with E-state index in [4.69, 9.17) is 6.42 Å². The first-order chi connectivity index (χ1) is 6.76. The first-order valence-corrected chi connectivity index (χ1v) is 5.65. The van der Waals surface area contributed by atoms with Gasteiger partial charge in [0, 0.05) is 12.6 Å². The Kier molecular flexibility index (Phi) is 5.00. The van der Waals surface area contributed by atoms with Crippen molar-refractivity contribution in [3.05, 3.63) is 0 Å². The molecule has 80 valence electrons. The van der Waals surface area contributed by atoms with E-state index in [1.54, 1.807) is 0 Å². The fourth-order valence-corrected chi connectivity index (χ4v) is 2.20. The molecule has 0 spiro atoms. The zero-order chi connectivity index (χ0) is 10.4. The molecule has 0 bridgehead atoms. The number of hydrogen-bond acceptors (Lipinski definition) is 2. The van der Waals surface area contributed by atoms with Crippen LogP contribution in [0.1, 0.15) is 26.7 Å². The van der Waals surface area contributed by atoms with Crippen molar-refractivity contribution in [1.29, 1.82) is 0 Å². The minimum Gasteiger partial charge on any atom is -0.314 e. The highest BCUT2D eigenvalue weighted by molar-refractivity contribution is 4.89. The third-order valence-corrected chi connectivity index (χ3v) is 3.01. The van der Waals surface area contributed by atoms with Crippen LogP contribution in [0.4, 0.5) is 0 Å². The van der Waals surface area contributed by atoms with Gasteiger partial charge in [-0.05, 0) is 38.8 Å². The fourth-order valence-electron chi connectivity index (χ4n) is 2.20. The lowest BCUT2D eigenvalue weighted by atomic mass is 9.93. The van der Waals surface area contributed by atoms with Gasteiger partial charge in [-0.1, -0.05) is 12.8 Å². The maximum atomic E-state index is 5.33. The van der Waals surface area contributed by atoms with Crippen molar-refractivity contribution in [1.82, 2.24) is 10.2 Å². The average molecular weight is 194 g/mol. The van der Waals surface area contributed by atoms with E-state index in [0.29, 0.717) is 6.04 Å². The van der Waals surface area contributed by atoms with Gasteiger partial charge in [-0.25, -0.2) is 0 Å². The Labute approximate surface area is 88.1 Å². The van der Waals surface area contributed by atoms with Gasteiger partial charge in [0.25, 0.3) is 0 Å². The topological polar surface area (TPSA) is 15.3 Å². The summed E-state index contributed by atoms with van der Waals surface area (Å²) in [5.74, 6) is 3.56. The average Bonchev–Trinajstić information content (AvgIpc) is 2.17. The number of piperidine rings is 1. The molecule has 1 aliphatic heterocycles. The quantitative estimate of drug-likeness (QED) is 0.679. The molecule has 0 aromatic carbocycles. The molecular weight excluding hydrogens is 172 g/mol. The van der Waals surface area contributed by atoms with Crippen molar-refractivity contribution in [3.63, 3.8) is 0 Å². The first-order valence-electron chi connectivity index (χ1n) is 5.65. The van der Waals surface area contributed by atoms with Crippen LogP contribution in [0, 0.1) is 18.3 Å². The molecule has 1 aliphatic rings. The molecule has 14 heavy (non-hydrogen) atoms. The molecule has 2 atom stereocenters. The van der Waals surface area contributed by atoms with Gasteiger partial charge in [0.05, 0.1) is 6.54 Å². The van der Waals surface area contributed by atoms with Crippen LogP contribution in [0.15, 0.2) is 0 Å². The van der Waals surface area contributed by atoms with Gasteiger partial charge in [0.1, 0.15) is 0 Å².